The quantitative estimate of drug-likeness (QED) is 0.376. The number of fused-ring (bicyclic) bond motifs is 1. The minimum absolute atomic E-state index is 0.119. The fourth-order valence-electron chi connectivity index (χ4n) is 7.19. The molecule has 2 unspecified atom stereocenters. The Balaban J connectivity index is 1.32. The molecule has 10 heteroatoms. The lowest BCUT2D eigenvalue weighted by Gasteiger charge is -2.48. The van der Waals surface area contributed by atoms with E-state index in [0.717, 1.165) is 16.7 Å². The maximum Gasteiger partial charge on any atom is 0.248 e. The second-order valence-corrected chi connectivity index (χ2v) is 14.6. The van der Waals surface area contributed by atoms with Crippen LogP contribution in [0.15, 0.2) is 48.5 Å². The maximum atomic E-state index is 14.1. The number of nitrogens with zero attached hydrogens (tertiary/aromatic N) is 1. The summed E-state index contributed by atoms with van der Waals surface area (Å²) >= 11 is 6.10. The largest absolute Gasteiger partial charge is 0.351 e. The molecule has 5 rings (SSSR count). The van der Waals surface area contributed by atoms with E-state index >= 15 is 0 Å². The first-order chi connectivity index (χ1) is 21.2. The van der Waals surface area contributed by atoms with E-state index in [9.17, 15) is 23.2 Å². The van der Waals surface area contributed by atoms with E-state index in [1.807, 2.05) is 57.2 Å². The molecule has 3 amide bonds. The van der Waals surface area contributed by atoms with Crippen LogP contribution in [0.2, 0.25) is 5.02 Å². The van der Waals surface area contributed by atoms with Crippen molar-refractivity contribution in [3.63, 3.8) is 0 Å². The Morgan fingerprint density at radius 2 is 1.60 bits per heavy atom. The molecule has 2 heterocycles. The third kappa shape index (κ3) is 8.04. The standard InChI is InChI=1S/C35H45ClF2N4O3/c1-33(2,3)41-32(45)34(26-12-14-35(37,38)15-13-26)16-18-42(19-17-34)31(44)29(20-23-8-10-27(36)11-9-23)40-30(43)28-21-24-6-4-5-7-25(24)22-39-28/h4-11,26,28-29,39H,12-22H2,1-3H3,(H,40,43)(H,41,45). The molecule has 2 fully saturated rings. The molecular weight excluding hydrogens is 598 g/mol. The average molecular weight is 643 g/mol. The number of benzene rings is 2. The molecular formula is C35H45ClF2N4O3. The zero-order valence-corrected chi connectivity index (χ0v) is 27.2. The molecule has 2 atom stereocenters. The number of carbonyl (C=O) groups excluding carboxylic acids is 3. The van der Waals surface area contributed by atoms with Gasteiger partial charge in [-0.25, -0.2) is 8.78 Å². The summed E-state index contributed by atoms with van der Waals surface area (Å²) in [5.74, 6) is -3.45. The van der Waals surface area contributed by atoms with Crippen LogP contribution >= 0.6 is 11.6 Å². The number of alkyl halides is 2. The highest BCUT2D eigenvalue weighted by Gasteiger charge is 2.52. The van der Waals surface area contributed by atoms with E-state index < -0.39 is 29.0 Å². The number of rotatable bonds is 7. The molecule has 1 aliphatic carbocycles. The summed E-state index contributed by atoms with van der Waals surface area (Å²) in [6.07, 6.45) is 1.71. The predicted octanol–water partition coefficient (Wildman–Crippen LogP) is 5.43. The van der Waals surface area contributed by atoms with Gasteiger partial charge in [-0.2, -0.15) is 0 Å². The van der Waals surface area contributed by atoms with Crippen LogP contribution in [-0.2, 0) is 33.8 Å². The summed E-state index contributed by atoms with van der Waals surface area (Å²) < 4.78 is 28.2. The summed E-state index contributed by atoms with van der Waals surface area (Å²) in [5, 5.41) is 10.0. The van der Waals surface area contributed by atoms with Gasteiger partial charge in [0.1, 0.15) is 6.04 Å². The molecule has 0 radical (unpaired) electrons. The van der Waals surface area contributed by atoms with Gasteiger partial charge in [0.25, 0.3) is 0 Å². The van der Waals surface area contributed by atoms with Crippen LogP contribution < -0.4 is 16.0 Å². The number of carbonyl (C=O) groups is 3. The number of hydrogen-bond donors (Lipinski definition) is 3. The molecule has 1 saturated heterocycles. The molecule has 0 bridgehead atoms. The van der Waals surface area contributed by atoms with Gasteiger partial charge in [-0.1, -0.05) is 48.0 Å². The summed E-state index contributed by atoms with van der Waals surface area (Å²) in [6, 6.07) is 13.9. The zero-order chi connectivity index (χ0) is 32.4. The number of piperidine rings is 1. The molecule has 2 aromatic carbocycles. The first-order valence-electron chi connectivity index (χ1n) is 16.1. The maximum absolute atomic E-state index is 14.1. The molecule has 2 aromatic rings. The van der Waals surface area contributed by atoms with E-state index in [-0.39, 0.29) is 55.7 Å². The SMILES string of the molecule is CC(C)(C)NC(=O)C1(C2CCC(F)(F)CC2)CCN(C(=O)C(Cc2ccc(Cl)cc2)NC(=O)C2Cc3ccccc3CN2)CC1. The number of amides is 3. The molecule has 0 spiro atoms. The number of likely N-dealkylation sites (tertiary alicyclic amines) is 1. The summed E-state index contributed by atoms with van der Waals surface area (Å²) in [7, 11) is 0. The van der Waals surface area contributed by atoms with Gasteiger partial charge in [0.05, 0.1) is 11.5 Å². The molecule has 244 valence electrons. The predicted molar refractivity (Wildman–Crippen MR) is 171 cm³/mol. The number of halogens is 3. The molecule has 1 saturated carbocycles. The minimum Gasteiger partial charge on any atom is -0.351 e. The van der Waals surface area contributed by atoms with Crippen molar-refractivity contribution in [1.29, 1.82) is 0 Å². The normalized spacial score (nSPS) is 22.2. The van der Waals surface area contributed by atoms with Crippen molar-refractivity contribution in [2.75, 3.05) is 13.1 Å². The van der Waals surface area contributed by atoms with E-state index in [1.165, 1.54) is 0 Å². The lowest BCUT2D eigenvalue weighted by Crippen LogP contribution is -2.60. The Kier molecular flexibility index (Phi) is 9.90. The fraction of sp³-hybridized carbons (Fsp3) is 0.571. The lowest BCUT2D eigenvalue weighted by molar-refractivity contribution is -0.150. The Labute approximate surface area is 269 Å². The van der Waals surface area contributed by atoms with Crippen LogP contribution in [0.5, 0.6) is 0 Å². The third-order valence-electron chi connectivity index (χ3n) is 9.77. The van der Waals surface area contributed by atoms with Gasteiger partial charge in [-0.15, -0.1) is 0 Å². The number of nitrogens with one attached hydrogen (secondary N) is 3. The van der Waals surface area contributed by atoms with E-state index in [4.69, 9.17) is 11.6 Å². The van der Waals surface area contributed by atoms with Crippen molar-refractivity contribution in [2.24, 2.45) is 11.3 Å². The topological polar surface area (TPSA) is 90.5 Å². The van der Waals surface area contributed by atoms with Gasteiger partial charge < -0.3 is 20.9 Å². The van der Waals surface area contributed by atoms with Crippen LogP contribution in [0.3, 0.4) is 0 Å². The second-order valence-electron chi connectivity index (χ2n) is 14.1. The van der Waals surface area contributed by atoms with Crippen molar-refractivity contribution in [2.45, 2.75) is 102 Å². The Bertz CT molecular complexity index is 1380. The fourth-order valence-corrected chi connectivity index (χ4v) is 7.32. The highest BCUT2D eigenvalue weighted by atomic mass is 35.5. The highest BCUT2D eigenvalue weighted by Crippen LogP contribution is 2.49. The van der Waals surface area contributed by atoms with Crippen LogP contribution in [0.25, 0.3) is 0 Å². The summed E-state index contributed by atoms with van der Waals surface area (Å²) in [6.45, 7) is 6.93. The zero-order valence-electron chi connectivity index (χ0n) is 26.4. The highest BCUT2D eigenvalue weighted by molar-refractivity contribution is 6.30. The average Bonchev–Trinajstić information content (AvgIpc) is 3.00. The smallest absolute Gasteiger partial charge is 0.248 e. The van der Waals surface area contributed by atoms with Crippen molar-refractivity contribution in [3.8, 4) is 0 Å². The second kappa shape index (κ2) is 13.4. The van der Waals surface area contributed by atoms with Crippen LogP contribution in [0.4, 0.5) is 8.78 Å². The lowest BCUT2D eigenvalue weighted by atomic mass is 9.62. The van der Waals surface area contributed by atoms with Gasteiger partial charge in [0, 0.05) is 49.5 Å². The van der Waals surface area contributed by atoms with Gasteiger partial charge in [-0.05, 0) is 87.6 Å². The van der Waals surface area contributed by atoms with Crippen LogP contribution in [0, 0.1) is 11.3 Å². The Morgan fingerprint density at radius 1 is 0.978 bits per heavy atom. The molecule has 2 aliphatic heterocycles. The van der Waals surface area contributed by atoms with Gasteiger partial charge in [-0.3, -0.25) is 14.4 Å². The van der Waals surface area contributed by atoms with Crippen molar-refractivity contribution < 1.29 is 23.2 Å². The first-order valence-corrected chi connectivity index (χ1v) is 16.5. The van der Waals surface area contributed by atoms with Crippen molar-refractivity contribution in [1.82, 2.24) is 20.9 Å². The Hall–Kier alpha value is -3.04. The van der Waals surface area contributed by atoms with Crippen molar-refractivity contribution in [3.05, 3.63) is 70.2 Å². The Morgan fingerprint density at radius 3 is 2.22 bits per heavy atom. The van der Waals surface area contributed by atoms with Gasteiger partial charge in [0.15, 0.2) is 0 Å². The minimum atomic E-state index is -2.70. The molecule has 0 aromatic heterocycles. The van der Waals surface area contributed by atoms with E-state index in [1.54, 1.807) is 17.0 Å². The van der Waals surface area contributed by atoms with Gasteiger partial charge >= 0.3 is 0 Å². The van der Waals surface area contributed by atoms with Crippen molar-refractivity contribution >= 4 is 29.3 Å². The molecule has 45 heavy (non-hydrogen) atoms. The summed E-state index contributed by atoms with van der Waals surface area (Å²) in [4.78, 5) is 43.2. The third-order valence-corrected chi connectivity index (χ3v) is 10.0. The van der Waals surface area contributed by atoms with Crippen LogP contribution in [0.1, 0.15) is 76.0 Å². The number of hydrogen-bond acceptors (Lipinski definition) is 4. The monoisotopic (exact) mass is 642 g/mol. The van der Waals surface area contributed by atoms with Gasteiger partial charge in [0.2, 0.25) is 23.6 Å². The van der Waals surface area contributed by atoms with Crippen LogP contribution in [-0.4, -0.2) is 59.3 Å². The summed E-state index contributed by atoms with van der Waals surface area (Å²) in [5.41, 5.74) is 1.83. The molecule has 3 N–H and O–H groups in total. The van der Waals surface area contributed by atoms with E-state index in [0.29, 0.717) is 43.9 Å². The molecule has 3 aliphatic rings. The van der Waals surface area contributed by atoms with E-state index in [2.05, 4.69) is 16.0 Å². The molecule has 7 nitrogen and oxygen atoms in total. The first kappa shape index (κ1) is 33.3.